The van der Waals surface area contributed by atoms with Crippen LogP contribution >= 0.6 is 0 Å². The first-order valence-electron chi connectivity index (χ1n) is 11.6. The van der Waals surface area contributed by atoms with E-state index >= 15 is 0 Å². The van der Waals surface area contributed by atoms with Gasteiger partial charge in [0.25, 0.3) is 11.1 Å². The van der Waals surface area contributed by atoms with Gasteiger partial charge >= 0.3 is 0 Å². The minimum absolute atomic E-state index is 0.0171. The van der Waals surface area contributed by atoms with E-state index in [1.54, 1.807) is 0 Å². The lowest BCUT2D eigenvalue weighted by molar-refractivity contribution is -0.0511. The molecule has 0 aromatic carbocycles. The first kappa shape index (κ1) is 26.6. The van der Waals surface area contributed by atoms with Crippen molar-refractivity contribution in [2.45, 2.75) is 49.4 Å². The fourth-order valence-electron chi connectivity index (χ4n) is 4.44. The molecule has 2 aliphatic heterocycles. The number of imidazole rings is 2. The Hall–Kier alpha value is -3.98. The van der Waals surface area contributed by atoms with Crippen molar-refractivity contribution in [3.63, 3.8) is 0 Å². The zero-order valence-electron chi connectivity index (χ0n) is 20.0. The lowest BCUT2D eigenvalue weighted by Crippen LogP contribution is -2.33. The number of nitrogen functional groups attached to an aromatic ring is 2. The molecule has 0 amide bonds. The van der Waals surface area contributed by atoms with E-state index in [4.69, 9.17) is 31.2 Å². The van der Waals surface area contributed by atoms with Crippen LogP contribution in [-0.4, -0.2) is 108 Å². The van der Waals surface area contributed by atoms with E-state index in [0.717, 1.165) is 0 Å². The Balaban J connectivity index is 0.000000158. The molecule has 7 atom stereocenters. The third-order valence-corrected chi connectivity index (χ3v) is 6.39. The van der Waals surface area contributed by atoms with Crippen molar-refractivity contribution in [1.29, 1.82) is 0 Å². The van der Waals surface area contributed by atoms with Gasteiger partial charge in [0.15, 0.2) is 28.6 Å². The number of anilines is 2. The van der Waals surface area contributed by atoms with Crippen LogP contribution in [0.5, 0.6) is 0 Å². The second kappa shape index (κ2) is 10.3. The number of nitrogens with two attached hydrogens (primary N) is 2. The van der Waals surface area contributed by atoms with E-state index < -0.39 is 60.7 Å². The SMILES string of the molecule is Nc1nc2c(ncn2[C@@H]2O[C@H](CO)C(O)[C@H]2O)c(=O)[nH]1.Nc1nc2c(ncn2[C@H]2CC(O)[C@@H](CO)O2)c(=O)[nH]1. The fraction of sp³-hybridized carbons (Fsp3) is 0.500. The van der Waals surface area contributed by atoms with Crippen LogP contribution in [0.1, 0.15) is 18.9 Å². The molecule has 0 saturated carbocycles. The Morgan fingerprint density at radius 1 is 0.846 bits per heavy atom. The largest absolute Gasteiger partial charge is 0.394 e. The molecule has 19 nitrogen and oxygen atoms in total. The van der Waals surface area contributed by atoms with Crippen molar-refractivity contribution >= 4 is 34.2 Å². The molecule has 0 aliphatic carbocycles. The third-order valence-electron chi connectivity index (χ3n) is 6.39. The highest BCUT2D eigenvalue weighted by atomic mass is 16.6. The van der Waals surface area contributed by atoms with Crippen molar-refractivity contribution in [3.05, 3.63) is 33.4 Å². The number of nitrogens with zero attached hydrogens (tertiary/aromatic N) is 6. The summed E-state index contributed by atoms with van der Waals surface area (Å²) >= 11 is 0. The van der Waals surface area contributed by atoms with E-state index in [1.165, 1.54) is 21.8 Å². The van der Waals surface area contributed by atoms with Crippen LogP contribution in [0.4, 0.5) is 11.9 Å². The van der Waals surface area contributed by atoms with E-state index in [2.05, 4.69) is 29.9 Å². The van der Waals surface area contributed by atoms with Crippen LogP contribution in [0, 0.1) is 0 Å². The Kier molecular flexibility index (Phi) is 7.03. The summed E-state index contributed by atoms with van der Waals surface area (Å²) in [4.78, 5) is 43.7. The topological polar surface area (TPSA) is 299 Å². The van der Waals surface area contributed by atoms with Gasteiger partial charge in [0.1, 0.15) is 30.6 Å². The monoisotopic (exact) mass is 550 g/mol. The molecule has 6 rings (SSSR count). The normalized spacial score (nSPS) is 28.7. The predicted molar refractivity (Wildman–Crippen MR) is 130 cm³/mol. The average molecular weight is 550 g/mol. The van der Waals surface area contributed by atoms with Crippen LogP contribution in [-0.2, 0) is 9.47 Å². The van der Waals surface area contributed by atoms with Gasteiger partial charge in [0.05, 0.1) is 32.0 Å². The Labute approximate surface area is 216 Å². The average Bonchev–Trinajstić information content (AvgIpc) is 3.65. The Morgan fingerprint density at radius 2 is 1.38 bits per heavy atom. The number of H-pyrrole nitrogens is 2. The summed E-state index contributed by atoms with van der Waals surface area (Å²) in [5.41, 5.74) is 10.6. The molecule has 210 valence electrons. The zero-order valence-corrected chi connectivity index (χ0v) is 20.0. The van der Waals surface area contributed by atoms with Gasteiger partial charge in [0, 0.05) is 6.42 Å². The van der Waals surface area contributed by atoms with Crippen molar-refractivity contribution in [3.8, 4) is 0 Å². The summed E-state index contributed by atoms with van der Waals surface area (Å²) in [5, 5.41) is 47.5. The molecular weight excluding hydrogens is 524 g/mol. The highest BCUT2D eigenvalue weighted by Gasteiger charge is 2.44. The van der Waals surface area contributed by atoms with Gasteiger partial charge in [-0.05, 0) is 0 Å². The van der Waals surface area contributed by atoms with Crippen molar-refractivity contribution in [2.75, 3.05) is 24.7 Å². The smallest absolute Gasteiger partial charge is 0.280 e. The lowest BCUT2D eigenvalue weighted by Gasteiger charge is -2.16. The molecule has 6 heterocycles. The molecule has 19 heteroatoms. The maximum Gasteiger partial charge on any atom is 0.280 e. The fourth-order valence-corrected chi connectivity index (χ4v) is 4.44. The highest BCUT2D eigenvalue weighted by molar-refractivity contribution is 5.71. The standard InChI is InChI=1S/C10H13N5O5.C10H13N5O4/c11-10-13-7-4(8(19)14-10)12-2-15(7)9-6(18)5(17)3(1-16)20-9;11-10-13-8-7(9(18)14-10)12-3-15(8)6-1-4(17)5(2-16)19-6/h2-3,5-6,9,16-18H,1H2,(H3,11,13,14,19);3-6,16-17H,1-2H2,(H3,11,13,14,18)/t3-,5?,6-,9-;4?,5-,6-/m11/s1. The minimum Gasteiger partial charge on any atom is -0.394 e. The summed E-state index contributed by atoms with van der Waals surface area (Å²) in [6.07, 6.45) is -3.48. The number of nitrogens with one attached hydrogen (secondary N) is 2. The van der Waals surface area contributed by atoms with Gasteiger partial charge in [-0.15, -0.1) is 0 Å². The highest BCUT2D eigenvalue weighted by Crippen LogP contribution is 2.31. The van der Waals surface area contributed by atoms with Crippen LogP contribution in [0.15, 0.2) is 22.2 Å². The minimum atomic E-state index is -1.29. The Bertz CT molecular complexity index is 1600. The lowest BCUT2D eigenvalue weighted by atomic mass is 10.1. The number of hydrogen-bond acceptors (Lipinski definition) is 15. The van der Waals surface area contributed by atoms with Gasteiger partial charge in [-0.3, -0.25) is 28.7 Å². The summed E-state index contributed by atoms with van der Waals surface area (Å²) in [7, 11) is 0. The third kappa shape index (κ3) is 4.71. The zero-order chi connectivity index (χ0) is 28.0. The molecule has 4 aromatic heterocycles. The molecule has 2 unspecified atom stereocenters. The van der Waals surface area contributed by atoms with E-state index in [9.17, 15) is 24.9 Å². The van der Waals surface area contributed by atoms with Crippen LogP contribution in [0.25, 0.3) is 22.3 Å². The first-order chi connectivity index (χ1) is 18.6. The van der Waals surface area contributed by atoms with E-state index in [0.29, 0.717) is 0 Å². The number of aromatic amines is 2. The van der Waals surface area contributed by atoms with Crippen LogP contribution in [0.3, 0.4) is 0 Å². The van der Waals surface area contributed by atoms with Gasteiger partial charge < -0.3 is 46.5 Å². The number of hydrogen-bond donors (Lipinski definition) is 9. The number of ether oxygens (including phenoxy) is 2. The van der Waals surface area contributed by atoms with Gasteiger partial charge in [-0.1, -0.05) is 0 Å². The maximum atomic E-state index is 11.7. The van der Waals surface area contributed by atoms with Gasteiger partial charge in [-0.25, -0.2) is 9.97 Å². The molecule has 0 radical (unpaired) electrons. The van der Waals surface area contributed by atoms with E-state index in [-0.39, 0.29) is 47.3 Å². The van der Waals surface area contributed by atoms with Crippen molar-refractivity contribution in [2.24, 2.45) is 0 Å². The van der Waals surface area contributed by atoms with Crippen molar-refractivity contribution in [1.82, 2.24) is 39.0 Å². The molecule has 2 aliphatic rings. The number of aliphatic hydroxyl groups is 5. The first-order valence-corrected chi connectivity index (χ1v) is 11.6. The van der Waals surface area contributed by atoms with Crippen molar-refractivity contribution < 1.29 is 35.0 Å². The van der Waals surface area contributed by atoms with Crippen LogP contribution in [0.2, 0.25) is 0 Å². The molecule has 2 fully saturated rings. The van der Waals surface area contributed by atoms with E-state index in [1.807, 2.05) is 0 Å². The number of rotatable bonds is 4. The molecule has 4 aromatic rings. The summed E-state index contributed by atoms with van der Waals surface area (Å²) in [6.45, 7) is -0.724. The molecular formula is C20H26N10O9. The maximum absolute atomic E-state index is 11.7. The second-order valence-electron chi connectivity index (χ2n) is 8.89. The number of aliphatic hydroxyl groups excluding tert-OH is 5. The summed E-state index contributed by atoms with van der Waals surface area (Å²) in [6, 6.07) is 0. The molecule has 11 N–H and O–H groups in total. The molecule has 0 spiro atoms. The van der Waals surface area contributed by atoms with Crippen LogP contribution < -0.4 is 22.6 Å². The molecule has 2 saturated heterocycles. The quantitative estimate of drug-likeness (QED) is 0.116. The van der Waals surface area contributed by atoms with Gasteiger partial charge in [0.2, 0.25) is 11.9 Å². The Morgan fingerprint density at radius 3 is 1.90 bits per heavy atom. The molecule has 0 bridgehead atoms. The second-order valence-corrected chi connectivity index (χ2v) is 8.89. The predicted octanol–water partition coefficient (Wildman–Crippen LogP) is -4.34. The summed E-state index contributed by atoms with van der Waals surface area (Å²) in [5.74, 6) is -0.118. The molecule has 39 heavy (non-hydrogen) atoms. The number of aromatic nitrogens is 8. The summed E-state index contributed by atoms with van der Waals surface area (Å²) < 4.78 is 13.7. The number of fused-ring (bicyclic) bond motifs is 2. The van der Waals surface area contributed by atoms with Gasteiger partial charge in [-0.2, -0.15) is 9.97 Å².